The predicted octanol–water partition coefficient (Wildman–Crippen LogP) is -3.06. The number of rotatable bonds is 16. The van der Waals surface area contributed by atoms with Gasteiger partial charge in [0, 0.05) is 26.1 Å². The van der Waals surface area contributed by atoms with Crippen LogP contribution in [0.1, 0.15) is 92.4 Å². The number of aliphatic hydroxyl groups excluding tert-OH is 12. The van der Waals surface area contributed by atoms with Crippen molar-refractivity contribution in [3.8, 4) is 0 Å². The van der Waals surface area contributed by atoms with Crippen molar-refractivity contribution >= 4 is 0 Å². The Kier molecular flexibility index (Phi) is 19.2. The fourth-order valence-electron chi connectivity index (χ4n) is 15.1. The highest BCUT2D eigenvalue weighted by Crippen LogP contribution is 2.68. The molecule has 78 heavy (non-hydrogen) atoms. The molecule has 5 saturated heterocycles. The second-order valence-electron chi connectivity index (χ2n) is 24.1. The fraction of sp³-hybridized carbons (Fsp3) is 0.962. The van der Waals surface area contributed by atoms with Crippen LogP contribution in [0.5, 0.6) is 0 Å². The Balaban J connectivity index is 0.772. The summed E-state index contributed by atoms with van der Waals surface area (Å²) in [6.45, 7) is 7.85. The van der Waals surface area contributed by atoms with Crippen LogP contribution in [-0.4, -0.2) is 266 Å². The van der Waals surface area contributed by atoms with E-state index in [1.807, 2.05) is 13.8 Å². The molecule has 0 spiro atoms. The van der Waals surface area contributed by atoms with E-state index in [1.54, 1.807) is 14.0 Å². The molecule has 32 atom stereocenters. The maximum atomic E-state index is 12.4. The van der Waals surface area contributed by atoms with Crippen LogP contribution >= 0.6 is 0 Å². The number of ether oxygens (including phenoxy) is 12. The van der Waals surface area contributed by atoms with Crippen molar-refractivity contribution in [2.24, 2.45) is 28.6 Å². The third-order valence-corrected chi connectivity index (χ3v) is 19.8. The molecule has 0 amide bonds. The van der Waals surface area contributed by atoms with E-state index in [0.717, 1.165) is 51.4 Å². The van der Waals surface area contributed by atoms with E-state index in [0.29, 0.717) is 12.3 Å². The van der Waals surface area contributed by atoms with Gasteiger partial charge in [0.15, 0.2) is 31.5 Å². The van der Waals surface area contributed by atoms with Crippen molar-refractivity contribution in [3.05, 3.63) is 11.6 Å². The van der Waals surface area contributed by atoms with Gasteiger partial charge in [0.2, 0.25) is 0 Å². The molecule has 0 aromatic rings. The van der Waals surface area contributed by atoms with Crippen molar-refractivity contribution < 1.29 is 123 Å². The summed E-state index contributed by atoms with van der Waals surface area (Å²) in [4.78, 5) is 0. The summed E-state index contributed by atoms with van der Waals surface area (Å²) in [7, 11) is 2.89. The topological polar surface area (TPSA) is 374 Å². The van der Waals surface area contributed by atoms with Crippen LogP contribution in [0, 0.1) is 28.6 Å². The molecule has 9 rings (SSSR count). The molecule has 0 aromatic carbocycles. The average Bonchev–Trinajstić information content (AvgIpc) is 3.73. The van der Waals surface area contributed by atoms with Crippen molar-refractivity contribution in [1.29, 1.82) is 0 Å². The standard InChI is InChI=1S/C53H88O25/c1-21(55)26-12-15-53(66)28-9-8-24-16-25(10-13-51(24,4)27(28)11-14-52(26,53)5)73-33-17-29(67-6)44(22(2)71-33)77-50-43(65)46(68-7)45(23(3)72-50)78-49-42(64)39(61)36(58)32(76-49)20-70-48-41(63)38(60)35(57)31(75-48)19-69-47-40(62)37(59)34(56)30(18-54)74-47/h8,21-23,25-50,54-66H,9-20H2,1-7H3. The zero-order valence-corrected chi connectivity index (χ0v) is 45.5. The lowest BCUT2D eigenvalue weighted by Crippen LogP contribution is -2.65. The lowest BCUT2D eigenvalue weighted by atomic mass is 9.45. The Morgan fingerprint density at radius 3 is 1.73 bits per heavy atom. The van der Waals surface area contributed by atoms with Gasteiger partial charge in [-0.3, -0.25) is 0 Å². The lowest BCUT2D eigenvalue weighted by Gasteiger charge is -2.61. The zero-order valence-electron chi connectivity index (χ0n) is 45.5. The summed E-state index contributed by atoms with van der Waals surface area (Å²) >= 11 is 0. The third kappa shape index (κ3) is 11.2. The highest BCUT2D eigenvalue weighted by Gasteiger charge is 2.67. The number of methoxy groups -OCH3 is 2. The van der Waals surface area contributed by atoms with E-state index >= 15 is 0 Å². The van der Waals surface area contributed by atoms with E-state index in [2.05, 4.69) is 19.9 Å². The number of hydrogen-bond donors (Lipinski definition) is 13. The van der Waals surface area contributed by atoms with Crippen molar-refractivity contribution in [1.82, 2.24) is 0 Å². The van der Waals surface area contributed by atoms with E-state index in [9.17, 15) is 66.4 Å². The summed E-state index contributed by atoms with van der Waals surface area (Å²) < 4.78 is 71.7. The molecule has 0 radical (unpaired) electrons. The molecular weight excluding hydrogens is 1040 g/mol. The molecular formula is C53H88O25. The summed E-state index contributed by atoms with van der Waals surface area (Å²) in [6, 6.07) is 0. The summed E-state index contributed by atoms with van der Waals surface area (Å²) in [5, 5.41) is 140. The smallest absolute Gasteiger partial charge is 0.187 e. The van der Waals surface area contributed by atoms with Gasteiger partial charge in [-0.05, 0) is 95.3 Å². The van der Waals surface area contributed by atoms with Crippen LogP contribution in [0.15, 0.2) is 11.6 Å². The zero-order chi connectivity index (χ0) is 56.5. The minimum atomic E-state index is -1.88. The first-order valence-electron chi connectivity index (χ1n) is 27.9. The highest BCUT2D eigenvalue weighted by molar-refractivity contribution is 5.28. The van der Waals surface area contributed by atoms with E-state index < -0.39 is 179 Å². The van der Waals surface area contributed by atoms with Gasteiger partial charge in [-0.1, -0.05) is 25.5 Å². The first-order valence-corrected chi connectivity index (χ1v) is 27.9. The van der Waals surface area contributed by atoms with Gasteiger partial charge in [-0.2, -0.15) is 0 Å². The molecule has 0 aromatic heterocycles. The number of hydrogen-bond acceptors (Lipinski definition) is 25. The molecule has 25 nitrogen and oxygen atoms in total. The van der Waals surface area contributed by atoms with Crippen LogP contribution in [0.4, 0.5) is 0 Å². The van der Waals surface area contributed by atoms with Gasteiger partial charge < -0.3 is 123 Å². The molecule has 450 valence electrons. The molecule has 3 saturated carbocycles. The molecule has 9 aliphatic rings. The van der Waals surface area contributed by atoms with Crippen molar-refractivity contribution in [2.45, 2.75) is 258 Å². The Morgan fingerprint density at radius 2 is 1.14 bits per heavy atom. The molecule has 32 unspecified atom stereocenters. The molecule has 5 heterocycles. The third-order valence-electron chi connectivity index (χ3n) is 19.8. The molecule has 8 fully saturated rings. The molecule has 0 bridgehead atoms. The Hall–Kier alpha value is -1.26. The Morgan fingerprint density at radius 1 is 0.590 bits per heavy atom. The first-order chi connectivity index (χ1) is 36.9. The van der Waals surface area contributed by atoms with Crippen LogP contribution in [0.25, 0.3) is 0 Å². The van der Waals surface area contributed by atoms with Crippen LogP contribution in [0.3, 0.4) is 0 Å². The van der Waals surface area contributed by atoms with Crippen molar-refractivity contribution in [3.63, 3.8) is 0 Å². The second kappa shape index (κ2) is 24.4. The average molecular weight is 1130 g/mol. The minimum absolute atomic E-state index is 0.0599. The second-order valence-corrected chi connectivity index (χ2v) is 24.1. The van der Waals surface area contributed by atoms with E-state index in [4.69, 9.17) is 56.8 Å². The molecule has 25 heteroatoms. The largest absolute Gasteiger partial charge is 0.394 e. The SMILES string of the molecule is COC1CC(OC2CCC3(C)C(=CCC4C3CCC3(C)C(C(C)O)CCC43O)C2)OC(C)C1OC1OC(C)C(OC2OC(COC3OC(COC4OC(CO)C(O)C(O)C4O)C(O)C(O)C3O)C(O)C(O)C2O)C(OC)C1O. The van der Waals surface area contributed by atoms with Gasteiger partial charge in [0.05, 0.1) is 55.9 Å². The lowest BCUT2D eigenvalue weighted by molar-refractivity contribution is -0.375. The number of aliphatic hydroxyl groups is 13. The summed E-state index contributed by atoms with van der Waals surface area (Å²) in [5.74, 6) is 0.577. The van der Waals surface area contributed by atoms with Crippen LogP contribution < -0.4 is 0 Å². The minimum Gasteiger partial charge on any atom is -0.394 e. The highest BCUT2D eigenvalue weighted by atomic mass is 16.8. The first kappa shape index (κ1) is 61.3. The van der Waals surface area contributed by atoms with Crippen molar-refractivity contribution in [2.75, 3.05) is 34.0 Å². The maximum Gasteiger partial charge on any atom is 0.187 e. The van der Waals surface area contributed by atoms with E-state index in [-0.39, 0.29) is 28.8 Å². The number of fused-ring (bicyclic) bond motifs is 5. The van der Waals surface area contributed by atoms with Gasteiger partial charge in [0.1, 0.15) is 97.7 Å². The van der Waals surface area contributed by atoms with Gasteiger partial charge >= 0.3 is 0 Å². The quantitative estimate of drug-likeness (QED) is 0.0682. The summed E-state index contributed by atoms with van der Waals surface area (Å²) in [6.07, 6.45) is -25.2. The number of allylic oxidation sites excluding steroid dienone is 1. The van der Waals surface area contributed by atoms with Crippen LogP contribution in [0.2, 0.25) is 0 Å². The van der Waals surface area contributed by atoms with Gasteiger partial charge in [-0.15, -0.1) is 0 Å². The molecule has 13 N–H and O–H groups in total. The Bertz CT molecular complexity index is 2010. The van der Waals surface area contributed by atoms with Gasteiger partial charge in [0.25, 0.3) is 0 Å². The monoisotopic (exact) mass is 1120 g/mol. The van der Waals surface area contributed by atoms with E-state index in [1.165, 1.54) is 12.7 Å². The normalized spacial score (nSPS) is 54.1. The molecule has 5 aliphatic heterocycles. The predicted molar refractivity (Wildman–Crippen MR) is 263 cm³/mol. The maximum absolute atomic E-state index is 12.4. The summed E-state index contributed by atoms with van der Waals surface area (Å²) in [5.41, 5.74) is 0.199. The molecule has 4 aliphatic carbocycles. The van der Waals surface area contributed by atoms with Crippen LogP contribution in [-0.2, 0) is 56.8 Å². The Labute approximate surface area is 454 Å². The fourth-order valence-corrected chi connectivity index (χ4v) is 15.1. The van der Waals surface area contributed by atoms with Gasteiger partial charge in [-0.25, -0.2) is 0 Å².